The summed E-state index contributed by atoms with van der Waals surface area (Å²) >= 11 is 3.56. The maximum atomic E-state index is 5.25. The molecule has 0 unspecified atom stereocenters. The van der Waals surface area contributed by atoms with E-state index in [1.54, 1.807) is 7.11 Å². The van der Waals surface area contributed by atoms with Gasteiger partial charge in [0.1, 0.15) is 0 Å². The zero-order chi connectivity index (χ0) is 14.4. The summed E-state index contributed by atoms with van der Waals surface area (Å²) in [5.74, 6) is 0. The van der Waals surface area contributed by atoms with Crippen molar-refractivity contribution in [1.29, 1.82) is 0 Å². The second kappa shape index (κ2) is 7.27. The Morgan fingerprint density at radius 3 is 2.60 bits per heavy atom. The van der Waals surface area contributed by atoms with Gasteiger partial charge in [-0.25, -0.2) is 0 Å². The Bertz CT molecular complexity index is 581. The van der Waals surface area contributed by atoms with Crippen molar-refractivity contribution in [3.63, 3.8) is 0 Å². The molecule has 2 nitrogen and oxygen atoms in total. The number of halogens is 1. The number of rotatable bonds is 6. The average Bonchev–Trinajstić information content (AvgIpc) is 2.48. The van der Waals surface area contributed by atoms with Crippen LogP contribution >= 0.6 is 15.9 Å². The van der Waals surface area contributed by atoms with Crippen molar-refractivity contribution in [1.82, 2.24) is 0 Å². The van der Waals surface area contributed by atoms with Gasteiger partial charge in [-0.3, -0.25) is 0 Å². The fourth-order valence-electron chi connectivity index (χ4n) is 1.99. The van der Waals surface area contributed by atoms with E-state index in [0.29, 0.717) is 13.2 Å². The first-order valence-corrected chi connectivity index (χ1v) is 7.25. The molecule has 0 aliphatic rings. The summed E-state index contributed by atoms with van der Waals surface area (Å²) in [5.41, 5.74) is 4.41. The minimum Gasteiger partial charge on any atom is -0.381 e. The van der Waals surface area contributed by atoms with Crippen LogP contribution in [0.1, 0.15) is 11.1 Å². The molecule has 1 N–H and O–H groups in total. The first-order valence-electron chi connectivity index (χ1n) is 6.45. The number of hydrogen-bond donors (Lipinski definition) is 1. The average molecular weight is 332 g/mol. The highest BCUT2D eigenvalue weighted by molar-refractivity contribution is 9.10. The van der Waals surface area contributed by atoms with Gasteiger partial charge in [-0.2, -0.15) is 0 Å². The highest BCUT2D eigenvalue weighted by atomic mass is 79.9. The van der Waals surface area contributed by atoms with E-state index >= 15 is 0 Å². The van der Waals surface area contributed by atoms with Crippen LogP contribution in [0.25, 0.3) is 5.57 Å². The molecule has 104 valence electrons. The molecule has 2 rings (SSSR count). The molecule has 0 aliphatic carbocycles. The van der Waals surface area contributed by atoms with Crippen molar-refractivity contribution in [3.05, 3.63) is 70.7 Å². The van der Waals surface area contributed by atoms with Crippen molar-refractivity contribution >= 4 is 27.2 Å². The number of ether oxygens (including phenoxy) is 1. The molecule has 0 bridgehead atoms. The van der Waals surface area contributed by atoms with Crippen LogP contribution < -0.4 is 5.32 Å². The molecule has 0 amide bonds. The van der Waals surface area contributed by atoms with Gasteiger partial charge in [-0.15, -0.1) is 0 Å². The number of methoxy groups -OCH3 is 1. The first kappa shape index (κ1) is 14.8. The van der Waals surface area contributed by atoms with E-state index < -0.39 is 0 Å². The molecule has 0 spiro atoms. The molecule has 0 saturated heterocycles. The predicted octanol–water partition coefficient (Wildman–Crippen LogP) is 4.72. The number of nitrogens with one attached hydrogen (secondary N) is 1. The third-order valence-electron chi connectivity index (χ3n) is 3.08. The smallest absolute Gasteiger partial charge is 0.0744 e. The fourth-order valence-corrected chi connectivity index (χ4v) is 2.47. The first-order chi connectivity index (χ1) is 9.72. The van der Waals surface area contributed by atoms with Crippen molar-refractivity contribution in [3.8, 4) is 0 Å². The van der Waals surface area contributed by atoms with Crippen molar-refractivity contribution in [2.75, 3.05) is 19.0 Å². The van der Waals surface area contributed by atoms with E-state index in [2.05, 4.69) is 46.0 Å². The zero-order valence-corrected chi connectivity index (χ0v) is 13.1. The Labute approximate surface area is 128 Å². The molecule has 0 radical (unpaired) electrons. The monoisotopic (exact) mass is 331 g/mol. The maximum Gasteiger partial charge on any atom is 0.0744 e. The minimum absolute atomic E-state index is 0.571. The summed E-state index contributed by atoms with van der Waals surface area (Å²) in [6, 6.07) is 16.3. The van der Waals surface area contributed by atoms with Gasteiger partial charge in [0.15, 0.2) is 0 Å². The van der Waals surface area contributed by atoms with Crippen LogP contribution in [0.15, 0.2) is 59.6 Å². The summed E-state index contributed by atoms with van der Waals surface area (Å²) in [4.78, 5) is 0. The third-order valence-corrected chi connectivity index (χ3v) is 3.82. The Hall–Kier alpha value is -1.58. The second-order valence-electron chi connectivity index (χ2n) is 4.52. The maximum absolute atomic E-state index is 5.25. The Morgan fingerprint density at radius 1 is 1.15 bits per heavy atom. The third kappa shape index (κ3) is 3.71. The van der Waals surface area contributed by atoms with E-state index in [4.69, 9.17) is 4.74 Å². The Kier molecular flexibility index (Phi) is 5.39. The molecule has 0 heterocycles. The summed E-state index contributed by atoms with van der Waals surface area (Å²) in [7, 11) is 1.70. The topological polar surface area (TPSA) is 21.3 Å². The van der Waals surface area contributed by atoms with Gasteiger partial charge in [-0.1, -0.05) is 58.9 Å². The SMILES string of the molecule is C=C(CNc1cccc(Br)c1COC)c1ccccc1. The molecule has 3 heteroatoms. The second-order valence-corrected chi connectivity index (χ2v) is 5.38. The van der Waals surface area contributed by atoms with Gasteiger partial charge in [0.2, 0.25) is 0 Å². The van der Waals surface area contributed by atoms with E-state index in [0.717, 1.165) is 26.9 Å². The molecule has 20 heavy (non-hydrogen) atoms. The van der Waals surface area contributed by atoms with E-state index in [1.165, 1.54) is 0 Å². The minimum atomic E-state index is 0.571. The summed E-state index contributed by atoms with van der Waals surface area (Å²) in [6.45, 7) is 5.41. The van der Waals surface area contributed by atoms with Crippen LogP contribution in [-0.2, 0) is 11.3 Å². The van der Waals surface area contributed by atoms with Gasteiger partial charge in [0.05, 0.1) is 6.61 Å². The lowest BCUT2D eigenvalue weighted by Gasteiger charge is -2.14. The number of hydrogen-bond acceptors (Lipinski definition) is 2. The van der Waals surface area contributed by atoms with Gasteiger partial charge < -0.3 is 10.1 Å². The number of anilines is 1. The lowest BCUT2D eigenvalue weighted by molar-refractivity contribution is 0.185. The van der Waals surface area contributed by atoms with Crippen molar-refractivity contribution < 1.29 is 4.74 Å². The Balaban J connectivity index is 2.08. The largest absolute Gasteiger partial charge is 0.381 e. The van der Waals surface area contributed by atoms with Crippen LogP contribution in [0.2, 0.25) is 0 Å². The molecule has 0 atom stereocenters. The number of benzene rings is 2. The highest BCUT2D eigenvalue weighted by Crippen LogP contribution is 2.26. The van der Waals surface area contributed by atoms with Crippen LogP contribution in [0.5, 0.6) is 0 Å². The zero-order valence-electron chi connectivity index (χ0n) is 11.5. The molecule has 0 aliphatic heterocycles. The molecule has 0 fully saturated rings. The van der Waals surface area contributed by atoms with Crippen LogP contribution in [-0.4, -0.2) is 13.7 Å². The molecule has 0 saturated carbocycles. The van der Waals surface area contributed by atoms with Gasteiger partial charge in [-0.05, 0) is 23.3 Å². The van der Waals surface area contributed by atoms with Crippen molar-refractivity contribution in [2.24, 2.45) is 0 Å². The van der Waals surface area contributed by atoms with Crippen LogP contribution in [0, 0.1) is 0 Å². The predicted molar refractivity (Wildman–Crippen MR) is 88.8 cm³/mol. The summed E-state index contributed by atoms with van der Waals surface area (Å²) in [6.07, 6.45) is 0. The normalized spacial score (nSPS) is 10.3. The standard InChI is InChI=1S/C17H18BrNO/c1-13(14-7-4-3-5-8-14)11-19-17-10-6-9-16(18)15(17)12-20-2/h3-10,19H,1,11-12H2,2H3. The molecule has 2 aromatic rings. The van der Waals surface area contributed by atoms with E-state index in [-0.39, 0.29) is 0 Å². The molecular weight excluding hydrogens is 314 g/mol. The van der Waals surface area contributed by atoms with E-state index in [9.17, 15) is 0 Å². The molecule has 2 aromatic carbocycles. The van der Waals surface area contributed by atoms with E-state index in [1.807, 2.05) is 30.3 Å². The lowest BCUT2D eigenvalue weighted by atomic mass is 10.1. The van der Waals surface area contributed by atoms with Gasteiger partial charge in [0, 0.05) is 29.4 Å². The van der Waals surface area contributed by atoms with Gasteiger partial charge in [0.25, 0.3) is 0 Å². The van der Waals surface area contributed by atoms with Crippen LogP contribution in [0.3, 0.4) is 0 Å². The highest BCUT2D eigenvalue weighted by Gasteiger charge is 2.06. The van der Waals surface area contributed by atoms with Crippen LogP contribution in [0.4, 0.5) is 5.69 Å². The Morgan fingerprint density at radius 2 is 1.90 bits per heavy atom. The quantitative estimate of drug-likeness (QED) is 0.826. The van der Waals surface area contributed by atoms with Crippen molar-refractivity contribution in [2.45, 2.75) is 6.61 Å². The molecular formula is C17H18BrNO. The summed E-state index contributed by atoms with van der Waals surface area (Å²) < 4.78 is 6.30. The van der Waals surface area contributed by atoms with Gasteiger partial charge >= 0.3 is 0 Å². The fraction of sp³-hybridized carbons (Fsp3) is 0.176. The molecule has 0 aromatic heterocycles. The lowest BCUT2D eigenvalue weighted by Crippen LogP contribution is -2.06. The summed E-state index contributed by atoms with van der Waals surface area (Å²) in [5, 5.41) is 3.43.